The van der Waals surface area contributed by atoms with Gasteiger partial charge in [-0.15, -0.1) is 0 Å². The number of amides is 1. The smallest absolute Gasteiger partial charge is 0.337 e. The predicted molar refractivity (Wildman–Crippen MR) is 126 cm³/mol. The quantitative estimate of drug-likeness (QED) is 0.320. The molecule has 7 heteroatoms. The van der Waals surface area contributed by atoms with E-state index in [0.717, 1.165) is 27.7 Å². The van der Waals surface area contributed by atoms with Crippen molar-refractivity contribution >= 4 is 40.5 Å². The van der Waals surface area contributed by atoms with Crippen LogP contribution >= 0.6 is 11.6 Å². The number of nitrogens with zero attached hydrogens (tertiary/aromatic N) is 2. The first-order valence-electron chi connectivity index (χ1n) is 9.90. The lowest BCUT2D eigenvalue weighted by Gasteiger charge is -2.11. The van der Waals surface area contributed by atoms with Crippen LogP contribution in [-0.2, 0) is 0 Å². The highest BCUT2D eigenvalue weighted by atomic mass is 35.5. The van der Waals surface area contributed by atoms with Crippen LogP contribution in [0, 0.1) is 13.8 Å². The molecule has 0 spiro atoms. The van der Waals surface area contributed by atoms with E-state index in [9.17, 15) is 14.7 Å². The Balaban J connectivity index is 1.59. The van der Waals surface area contributed by atoms with Crippen molar-refractivity contribution in [2.24, 2.45) is 5.10 Å². The standard InChI is InChI=1S/C25H20ClN3O3/c1-15-12-18(16(2)29(15)19-10-11-23(26)22(13-19)25(31)32)14-27-28-24(30)21-9-5-7-17-6-3-4-8-20(17)21/h3-14H,1-2H3,(H,28,30)(H,31,32). The molecule has 1 heterocycles. The van der Waals surface area contributed by atoms with E-state index in [1.807, 2.05) is 60.9 Å². The number of carboxylic acid groups (broad SMARTS) is 1. The minimum absolute atomic E-state index is 0.0363. The van der Waals surface area contributed by atoms with E-state index in [2.05, 4.69) is 10.5 Å². The Hall–Kier alpha value is -3.90. The Kier molecular flexibility index (Phi) is 5.79. The summed E-state index contributed by atoms with van der Waals surface area (Å²) in [6, 6.07) is 20.0. The van der Waals surface area contributed by atoms with Gasteiger partial charge >= 0.3 is 5.97 Å². The highest BCUT2D eigenvalue weighted by molar-refractivity contribution is 6.33. The van der Waals surface area contributed by atoms with E-state index >= 15 is 0 Å². The number of hydrogen-bond donors (Lipinski definition) is 2. The molecule has 1 amide bonds. The summed E-state index contributed by atoms with van der Waals surface area (Å²) >= 11 is 6.00. The maximum absolute atomic E-state index is 12.7. The molecule has 0 saturated heterocycles. The van der Waals surface area contributed by atoms with E-state index in [4.69, 9.17) is 11.6 Å². The lowest BCUT2D eigenvalue weighted by atomic mass is 10.0. The van der Waals surface area contributed by atoms with Crippen LogP contribution in [0.2, 0.25) is 5.02 Å². The molecule has 0 radical (unpaired) electrons. The van der Waals surface area contributed by atoms with Gasteiger partial charge in [0.2, 0.25) is 0 Å². The zero-order chi connectivity index (χ0) is 22.8. The maximum atomic E-state index is 12.7. The normalized spacial score (nSPS) is 11.2. The fraction of sp³-hybridized carbons (Fsp3) is 0.0800. The van der Waals surface area contributed by atoms with Crippen molar-refractivity contribution in [3.63, 3.8) is 0 Å². The molecule has 0 unspecified atom stereocenters. The van der Waals surface area contributed by atoms with Gasteiger partial charge in [-0.1, -0.05) is 48.0 Å². The number of fused-ring (bicyclic) bond motifs is 1. The summed E-state index contributed by atoms with van der Waals surface area (Å²) < 4.78 is 1.91. The molecule has 0 aliphatic rings. The minimum atomic E-state index is -1.09. The molecule has 4 aromatic rings. The zero-order valence-electron chi connectivity index (χ0n) is 17.5. The van der Waals surface area contributed by atoms with Gasteiger partial charge in [0.05, 0.1) is 16.8 Å². The van der Waals surface area contributed by atoms with Gasteiger partial charge < -0.3 is 9.67 Å². The number of hydrazone groups is 1. The summed E-state index contributed by atoms with van der Waals surface area (Å²) in [5, 5.41) is 15.5. The fourth-order valence-corrected chi connectivity index (χ4v) is 3.97. The number of aromatic nitrogens is 1. The molecule has 0 aliphatic heterocycles. The van der Waals surface area contributed by atoms with Crippen LogP contribution in [-0.4, -0.2) is 27.8 Å². The van der Waals surface area contributed by atoms with Crippen LogP contribution in [0.3, 0.4) is 0 Å². The Morgan fingerprint density at radius 2 is 1.75 bits per heavy atom. The van der Waals surface area contributed by atoms with E-state index in [1.54, 1.807) is 24.4 Å². The molecule has 0 atom stereocenters. The van der Waals surface area contributed by atoms with E-state index in [0.29, 0.717) is 11.3 Å². The summed E-state index contributed by atoms with van der Waals surface area (Å²) in [5.41, 5.74) is 6.40. The van der Waals surface area contributed by atoms with Gasteiger partial charge in [0.15, 0.2) is 0 Å². The van der Waals surface area contributed by atoms with E-state index in [-0.39, 0.29) is 16.5 Å². The molecule has 32 heavy (non-hydrogen) atoms. The van der Waals surface area contributed by atoms with Gasteiger partial charge in [-0.25, -0.2) is 10.2 Å². The third-order valence-corrected chi connectivity index (χ3v) is 5.64. The number of hydrogen-bond acceptors (Lipinski definition) is 3. The largest absolute Gasteiger partial charge is 0.478 e. The van der Waals surface area contributed by atoms with Crippen LogP contribution in [0.15, 0.2) is 71.8 Å². The number of nitrogens with one attached hydrogen (secondary N) is 1. The summed E-state index contributed by atoms with van der Waals surface area (Å²) in [6.07, 6.45) is 1.58. The molecule has 6 nitrogen and oxygen atoms in total. The topological polar surface area (TPSA) is 83.7 Å². The van der Waals surface area contributed by atoms with Crippen molar-refractivity contribution < 1.29 is 14.7 Å². The summed E-state index contributed by atoms with van der Waals surface area (Å²) in [5.74, 6) is -1.38. The summed E-state index contributed by atoms with van der Waals surface area (Å²) in [6.45, 7) is 3.81. The lowest BCUT2D eigenvalue weighted by Crippen LogP contribution is -2.18. The third-order valence-electron chi connectivity index (χ3n) is 5.31. The van der Waals surface area contributed by atoms with Gasteiger partial charge in [-0.05, 0) is 55.0 Å². The van der Waals surface area contributed by atoms with Gasteiger partial charge in [-0.3, -0.25) is 4.79 Å². The minimum Gasteiger partial charge on any atom is -0.478 e. The monoisotopic (exact) mass is 445 g/mol. The van der Waals surface area contributed by atoms with Crippen molar-refractivity contribution in [3.05, 3.63) is 99.8 Å². The second kappa shape index (κ2) is 8.69. The lowest BCUT2D eigenvalue weighted by molar-refractivity contribution is 0.0696. The first kappa shape index (κ1) is 21.3. The third kappa shape index (κ3) is 4.00. The zero-order valence-corrected chi connectivity index (χ0v) is 18.2. The molecule has 3 aromatic carbocycles. The number of carbonyl (C=O) groups is 2. The number of aryl methyl sites for hydroxylation is 1. The van der Waals surface area contributed by atoms with E-state index in [1.165, 1.54) is 6.07 Å². The average molecular weight is 446 g/mol. The number of carbonyl (C=O) groups excluding carboxylic acids is 1. The second-order valence-electron chi connectivity index (χ2n) is 7.36. The highest BCUT2D eigenvalue weighted by Crippen LogP contribution is 2.24. The Labute approximate surface area is 189 Å². The molecular weight excluding hydrogens is 426 g/mol. The SMILES string of the molecule is Cc1cc(C=NNC(=O)c2cccc3ccccc23)c(C)n1-c1ccc(Cl)c(C(=O)O)c1. The van der Waals surface area contributed by atoms with Gasteiger partial charge in [0.1, 0.15) is 0 Å². The van der Waals surface area contributed by atoms with Gasteiger partial charge in [0, 0.05) is 28.2 Å². The fourth-order valence-electron chi connectivity index (χ4n) is 3.78. The number of rotatable bonds is 5. The van der Waals surface area contributed by atoms with Crippen LogP contribution in [0.1, 0.15) is 37.7 Å². The summed E-state index contributed by atoms with van der Waals surface area (Å²) in [7, 11) is 0. The molecule has 0 saturated carbocycles. The first-order chi connectivity index (χ1) is 15.4. The Morgan fingerprint density at radius 3 is 2.53 bits per heavy atom. The van der Waals surface area contributed by atoms with E-state index < -0.39 is 5.97 Å². The molecule has 0 bridgehead atoms. The van der Waals surface area contributed by atoms with Crippen LogP contribution in [0.5, 0.6) is 0 Å². The maximum Gasteiger partial charge on any atom is 0.337 e. The Bertz CT molecular complexity index is 1380. The van der Waals surface area contributed by atoms with Gasteiger partial charge in [-0.2, -0.15) is 5.10 Å². The molecule has 160 valence electrons. The molecule has 0 aliphatic carbocycles. The number of halogens is 1. The first-order valence-corrected chi connectivity index (χ1v) is 10.3. The van der Waals surface area contributed by atoms with Crippen molar-refractivity contribution in [3.8, 4) is 5.69 Å². The molecular formula is C25H20ClN3O3. The molecule has 1 aromatic heterocycles. The van der Waals surface area contributed by atoms with Crippen molar-refractivity contribution in [1.29, 1.82) is 0 Å². The van der Waals surface area contributed by atoms with Crippen molar-refractivity contribution in [1.82, 2.24) is 9.99 Å². The average Bonchev–Trinajstić information content (AvgIpc) is 3.06. The van der Waals surface area contributed by atoms with Crippen LogP contribution < -0.4 is 5.43 Å². The van der Waals surface area contributed by atoms with Crippen molar-refractivity contribution in [2.75, 3.05) is 0 Å². The second-order valence-corrected chi connectivity index (χ2v) is 7.76. The number of aromatic carboxylic acids is 1. The molecule has 4 rings (SSSR count). The van der Waals surface area contributed by atoms with Crippen LogP contribution in [0.4, 0.5) is 0 Å². The van der Waals surface area contributed by atoms with Crippen molar-refractivity contribution in [2.45, 2.75) is 13.8 Å². The van der Waals surface area contributed by atoms with Gasteiger partial charge in [0.25, 0.3) is 5.91 Å². The molecule has 2 N–H and O–H groups in total. The molecule has 0 fully saturated rings. The van der Waals surface area contributed by atoms with Crippen LogP contribution in [0.25, 0.3) is 16.5 Å². The Morgan fingerprint density at radius 1 is 1.00 bits per heavy atom. The summed E-state index contributed by atoms with van der Waals surface area (Å²) in [4.78, 5) is 24.1. The predicted octanol–water partition coefficient (Wildman–Crippen LogP) is 5.36. The number of carboxylic acids is 1. The highest BCUT2D eigenvalue weighted by Gasteiger charge is 2.14. The number of benzene rings is 3.